The van der Waals surface area contributed by atoms with E-state index in [4.69, 9.17) is 21.1 Å². The van der Waals surface area contributed by atoms with E-state index in [1.807, 2.05) is 12.1 Å². The molecule has 1 aromatic heterocycles. The quantitative estimate of drug-likeness (QED) is 0.720. The summed E-state index contributed by atoms with van der Waals surface area (Å²) >= 11 is 5.77. The highest BCUT2D eigenvalue weighted by atomic mass is 35.5. The van der Waals surface area contributed by atoms with Crippen LogP contribution in [0, 0.1) is 0 Å². The Balaban J connectivity index is 2.07. The molecule has 0 amide bonds. The normalized spacial score (nSPS) is 21.1. The fourth-order valence-corrected chi connectivity index (χ4v) is 1.60. The predicted octanol–water partition coefficient (Wildman–Crippen LogP) is 1.99. The Kier molecular flexibility index (Phi) is 3.22. The maximum Gasteiger partial charge on any atom is 0.218 e. The summed E-state index contributed by atoms with van der Waals surface area (Å²) in [7, 11) is 0. The highest BCUT2D eigenvalue weighted by molar-refractivity contribution is 6.17. The first-order valence-electron chi connectivity index (χ1n) is 4.64. The van der Waals surface area contributed by atoms with Crippen LogP contribution in [0.1, 0.15) is 12.0 Å². The van der Waals surface area contributed by atoms with Gasteiger partial charge < -0.3 is 9.47 Å². The Morgan fingerprint density at radius 2 is 2.57 bits per heavy atom. The number of rotatable bonds is 3. The van der Waals surface area contributed by atoms with Crippen molar-refractivity contribution < 1.29 is 9.47 Å². The second-order valence-corrected chi connectivity index (χ2v) is 3.47. The highest BCUT2D eigenvalue weighted by Crippen LogP contribution is 2.20. The number of aromatic nitrogens is 1. The Bertz CT molecular complexity index is 300. The highest BCUT2D eigenvalue weighted by Gasteiger charge is 2.18. The lowest BCUT2D eigenvalue weighted by atomic mass is 10.3. The molecule has 0 N–H and O–H groups in total. The van der Waals surface area contributed by atoms with Gasteiger partial charge in [0, 0.05) is 18.2 Å². The standard InChI is InChI=1S/C10H12ClNO2/c11-6-8-2-1-4-12-10(8)14-9-3-5-13-7-9/h1-2,4,9H,3,5-7H2. The molecule has 2 rings (SSSR count). The van der Waals surface area contributed by atoms with E-state index >= 15 is 0 Å². The first kappa shape index (κ1) is 9.74. The minimum Gasteiger partial charge on any atom is -0.472 e. The summed E-state index contributed by atoms with van der Waals surface area (Å²) in [5.74, 6) is 1.06. The molecule has 0 saturated carbocycles. The van der Waals surface area contributed by atoms with Gasteiger partial charge in [-0.1, -0.05) is 6.07 Å². The molecular weight excluding hydrogens is 202 g/mol. The lowest BCUT2D eigenvalue weighted by Gasteiger charge is -2.12. The van der Waals surface area contributed by atoms with Crippen LogP contribution in [0.25, 0.3) is 0 Å². The van der Waals surface area contributed by atoms with Gasteiger partial charge in [-0.05, 0) is 6.07 Å². The summed E-state index contributed by atoms with van der Waals surface area (Å²) in [4.78, 5) is 4.15. The van der Waals surface area contributed by atoms with Crippen LogP contribution in [-0.2, 0) is 10.6 Å². The van der Waals surface area contributed by atoms with Gasteiger partial charge in [0.1, 0.15) is 6.10 Å². The Labute approximate surface area is 88.0 Å². The van der Waals surface area contributed by atoms with Crippen LogP contribution in [0.15, 0.2) is 18.3 Å². The zero-order chi connectivity index (χ0) is 9.80. The maximum absolute atomic E-state index is 5.77. The van der Waals surface area contributed by atoms with Crippen molar-refractivity contribution in [3.63, 3.8) is 0 Å². The zero-order valence-corrected chi connectivity index (χ0v) is 8.54. The minimum atomic E-state index is 0.131. The van der Waals surface area contributed by atoms with E-state index in [0.29, 0.717) is 18.4 Å². The minimum absolute atomic E-state index is 0.131. The summed E-state index contributed by atoms with van der Waals surface area (Å²) in [6.07, 6.45) is 2.77. The third-order valence-electron chi connectivity index (χ3n) is 2.16. The molecule has 1 atom stereocenters. The second-order valence-electron chi connectivity index (χ2n) is 3.20. The average molecular weight is 214 g/mol. The van der Waals surface area contributed by atoms with Gasteiger partial charge in [0.15, 0.2) is 0 Å². The number of nitrogens with zero attached hydrogens (tertiary/aromatic N) is 1. The third kappa shape index (κ3) is 2.16. The molecule has 1 unspecified atom stereocenters. The van der Waals surface area contributed by atoms with Crippen molar-refractivity contribution in [1.29, 1.82) is 0 Å². The SMILES string of the molecule is ClCc1cccnc1OC1CCOC1. The molecule has 2 heterocycles. The van der Waals surface area contributed by atoms with E-state index in [2.05, 4.69) is 4.98 Å². The number of pyridine rings is 1. The molecule has 0 radical (unpaired) electrons. The van der Waals surface area contributed by atoms with Crippen LogP contribution in [-0.4, -0.2) is 24.3 Å². The van der Waals surface area contributed by atoms with Crippen molar-refractivity contribution in [3.8, 4) is 5.88 Å². The molecule has 1 aromatic rings. The van der Waals surface area contributed by atoms with Crippen molar-refractivity contribution >= 4 is 11.6 Å². The third-order valence-corrected chi connectivity index (χ3v) is 2.45. The van der Waals surface area contributed by atoms with E-state index in [9.17, 15) is 0 Å². The van der Waals surface area contributed by atoms with Gasteiger partial charge in [-0.2, -0.15) is 0 Å². The molecule has 0 aliphatic carbocycles. The topological polar surface area (TPSA) is 31.4 Å². The molecule has 4 heteroatoms. The van der Waals surface area contributed by atoms with E-state index < -0.39 is 0 Å². The molecule has 0 spiro atoms. The molecule has 14 heavy (non-hydrogen) atoms. The molecule has 0 aromatic carbocycles. The number of ether oxygens (including phenoxy) is 2. The number of halogens is 1. The fourth-order valence-electron chi connectivity index (χ4n) is 1.40. The van der Waals surface area contributed by atoms with Crippen LogP contribution in [0.4, 0.5) is 0 Å². The Hall–Kier alpha value is -0.800. The van der Waals surface area contributed by atoms with Gasteiger partial charge in [-0.15, -0.1) is 11.6 Å². The van der Waals surface area contributed by atoms with Gasteiger partial charge in [-0.25, -0.2) is 4.98 Å². The van der Waals surface area contributed by atoms with Crippen LogP contribution in [0.3, 0.4) is 0 Å². The smallest absolute Gasteiger partial charge is 0.218 e. The van der Waals surface area contributed by atoms with Crippen LogP contribution in [0.2, 0.25) is 0 Å². The van der Waals surface area contributed by atoms with Crippen LogP contribution in [0.5, 0.6) is 5.88 Å². The molecule has 1 aliphatic heterocycles. The van der Waals surface area contributed by atoms with Gasteiger partial charge >= 0.3 is 0 Å². The number of hydrogen-bond donors (Lipinski definition) is 0. The molecule has 1 saturated heterocycles. The van der Waals surface area contributed by atoms with Crippen molar-refractivity contribution in [2.75, 3.05) is 13.2 Å². The molecule has 1 aliphatic rings. The van der Waals surface area contributed by atoms with Gasteiger partial charge in [0.25, 0.3) is 0 Å². The van der Waals surface area contributed by atoms with E-state index in [-0.39, 0.29) is 6.10 Å². The molecule has 1 fully saturated rings. The average Bonchev–Trinajstić information content (AvgIpc) is 2.71. The predicted molar refractivity (Wildman–Crippen MR) is 53.6 cm³/mol. The monoisotopic (exact) mass is 213 g/mol. The van der Waals surface area contributed by atoms with Gasteiger partial charge in [0.2, 0.25) is 5.88 Å². The first-order valence-corrected chi connectivity index (χ1v) is 5.18. The lowest BCUT2D eigenvalue weighted by molar-refractivity contribution is 0.137. The number of alkyl halides is 1. The summed E-state index contributed by atoms with van der Waals surface area (Å²) in [6.45, 7) is 1.42. The lowest BCUT2D eigenvalue weighted by Crippen LogP contribution is -2.17. The maximum atomic E-state index is 5.77. The first-order chi connectivity index (χ1) is 6.90. The summed E-state index contributed by atoms with van der Waals surface area (Å²) in [6, 6.07) is 3.78. The zero-order valence-electron chi connectivity index (χ0n) is 7.78. The molecular formula is C10H12ClNO2. The summed E-state index contributed by atoms with van der Waals surface area (Å²) in [5, 5.41) is 0. The van der Waals surface area contributed by atoms with E-state index in [1.54, 1.807) is 6.20 Å². The summed E-state index contributed by atoms with van der Waals surface area (Å²) in [5.41, 5.74) is 0.932. The summed E-state index contributed by atoms with van der Waals surface area (Å²) < 4.78 is 10.9. The van der Waals surface area contributed by atoms with Crippen LogP contribution < -0.4 is 4.74 Å². The molecule has 76 valence electrons. The van der Waals surface area contributed by atoms with Gasteiger partial charge in [0.05, 0.1) is 19.1 Å². The van der Waals surface area contributed by atoms with Crippen molar-refractivity contribution in [1.82, 2.24) is 4.98 Å². The largest absolute Gasteiger partial charge is 0.472 e. The van der Waals surface area contributed by atoms with Crippen molar-refractivity contribution in [2.24, 2.45) is 0 Å². The number of hydrogen-bond acceptors (Lipinski definition) is 3. The molecule has 0 bridgehead atoms. The van der Waals surface area contributed by atoms with Crippen molar-refractivity contribution in [3.05, 3.63) is 23.9 Å². The second kappa shape index (κ2) is 4.62. The van der Waals surface area contributed by atoms with E-state index in [1.165, 1.54) is 0 Å². The Morgan fingerprint density at radius 1 is 1.64 bits per heavy atom. The fraction of sp³-hybridized carbons (Fsp3) is 0.500. The van der Waals surface area contributed by atoms with Gasteiger partial charge in [-0.3, -0.25) is 0 Å². The molecule has 3 nitrogen and oxygen atoms in total. The van der Waals surface area contributed by atoms with E-state index in [0.717, 1.165) is 18.6 Å². The Morgan fingerprint density at radius 3 is 3.29 bits per heavy atom. The van der Waals surface area contributed by atoms with Crippen molar-refractivity contribution in [2.45, 2.75) is 18.4 Å². The van der Waals surface area contributed by atoms with Crippen LogP contribution >= 0.6 is 11.6 Å².